The number of anilines is 2. The largest absolute Gasteiger partial charge is 0.340 e. The van der Waals surface area contributed by atoms with Gasteiger partial charge in [-0.2, -0.15) is 0 Å². The summed E-state index contributed by atoms with van der Waals surface area (Å²) in [7, 11) is 0. The van der Waals surface area contributed by atoms with Crippen LogP contribution in [0.25, 0.3) is 0 Å². The van der Waals surface area contributed by atoms with Crippen LogP contribution in [0.2, 0.25) is 5.15 Å². The minimum absolute atomic E-state index is 0.225. The number of aryl methyl sites for hydroxylation is 2. The molecule has 1 N–H and O–H groups in total. The second-order valence-corrected chi connectivity index (χ2v) is 4.70. The van der Waals surface area contributed by atoms with Crippen LogP contribution in [0.4, 0.5) is 15.9 Å². The Morgan fingerprint density at radius 1 is 1.26 bits per heavy atom. The molecule has 0 bridgehead atoms. The molecule has 2 rings (SSSR count). The molecule has 0 amide bonds. The van der Waals surface area contributed by atoms with Crippen molar-refractivity contribution in [1.29, 1.82) is 0 Å². The van der Waals surface area contributed by atoms with Crippen LogP contribution in [-0.4, -0.2) is 9.97 Å². The highest BCUT2D eigenvalue weighted by Crippen LogP contribution is 2.24. The lowest BCUT2D eigenvalue weighted by molar-refractivity contribution is 0.619. The molecule has 2 aromatic rings. The van der Waals surface area contributed by atoms with Crippen LogP contribution in [0, 0.1) is 19.7 Å². The van der Waals surface area contributed by atoms with Gasteiger partial charge in [0.1, 0.15) is 22.6 Å². The maximum atomic E-state index is 13.2. The Labute approximate surface area is 116 Å². The van der Waals surface area contributed by atoms with Gasteiger partial charge in [0.2, 0.25) is 0 Å². The van der Waals surface area contributed by atoms with E-state index in [-0.39, 0.29) is 5.82 Å². The molecule has 0 fully saturated rings. The predicted molar refractivity (Wildman–Crippen MR) is 75.6 cm³/mol. The fourth-order valence-corrected chi connectivity index (χ4v) is 1.86. The highest BCUT2D eigenvalue weighted by Gasteiger charge is 2.09. The van der Waals surface area contributed by atoms with E-state index in [2.05, 4.69) is 15.3 Å². The number of hydrogen-bond donors (Lipinski definition) is 1. The highest BCUT2D eigenvalue weighted by atomic mass is 35.5. The molecule has 0 saturated heterocycles. The monoisotopic (exact) mass is 279 g/mol. The summed E-state index contributed by atoms with van der Waals surface area (Å²) in [5.74, 6) is 1.11. The molecule has 0 spiro atoms. The molecule has 0 aliphatic carbocycles. The number of aromatic nitrogens is 2. The van der Waals surface area contributed by atoms with Gasteiger partial charge in [-0.3, -0.25) is 0 Å². The van der Waals surface area contributed by atoms with Crippen molar-refractivity contribution in [2.75, 3.05) is 5.32 Å². The van der Waals surface area contributed by atoms with Crippen LogP contribution in [-0.2, 0) is 6.42 Å². The molecule has 3 nitrogen and oxygen atoms in total. The number of nitrogens with zero attached hydrogens (tertiary/aromatic N) is 2. The third-order valence-corrected chi connectivity index (χ3v) is 3.24. The zero-order chi connectivity index (χ0) is 14.0. The van der Waals surface area contributed by atoms with Crippen LogP contribution < -0.4 is 5.32 Å². The molecule has 1 aromatic heterocycles. The van der Waals surface area contributed by atoms with Crippen molar-refractivity contribution in [3.63, 3.8) is 0 Å². The highest BCUT2D eigenvalue weighted by molar-refractivity contribution is 6.30. The second kappa shape index (κ2) is 5.53. The molecule has 0 aliphatic rings. The van der Waals surface area contributed by atoms with Crippen LogP contribution >= 0.6 is 11.6 Å². The smallest absolute Gasteiger partial charge is 0.138 e. The third kappa shape index (κ3) is 3.01. The topological polar surface area (TPSA) is 37.8 Å². The van der Waals surface area contributed by atoms with E-state index in [9.17, 15) is 4.39 Å². The summed E-state index contributed by atoms with van der Waals surface area (Å²) in [5, 5.41) is 3.59. The molecule has 0 unspecified atom stereocenters. The van der Waals surface area contributed by atoms with Gasteiger partial charge in [0.05, 0.1) is 0 Å². The van der Waals surface area contributed by atoms with Gasteiger partial charge in [-0.15, -0.1) is 0 Å². The van der Waals surface area contributed by atoms with Gasteiger partial charge in [0, 0.05) is 17.7 Å². The predicted octanol–water partition coefficient (Wildman–Crippen LogP) is 4.19. The molecule has 0 saturated carbocycles. The Morgan fingerprint density at radius 3 is 2.63 bits per heavy atom. The Bertz CT molecular complexity index is 614. The van der Waals surface area contributed by atoms with E-state index in [0.29, 0.717) is 28.8 Å². The molecular weight excluding hydrogens is 265 g/mol. The Morgan fingerprint density at radius 2 is 2.00 bits per heavy atom. The number of hydrogen-bond acceptors (Lipinski definition) is 3. The Balaban J connectivity index is 2.37. The number of benzene rings is 1. The van der Waals surface area contributed by atoms with Crippen molar-refractivity contribution in [2.24, 2.45) is 0 Å². The number of nitrogens with one attached hydrogen (secondary N) is 1. The van der Waals surface area contributed by atoms with Crippen molar-refractivity contribution < 1.29 is 4.39 Å². The van der Waals surface area contributed by atoms with Crippen molar-refractivity contribution in [2.45, 2.75) is 27.2 Å². The van der Waals surface area contributed by atoms with Gasteiger partial charge in [-0.25, -0.2) is 14.4 Å². The quantitative estimate of drug-likeness (QED) is 0.856. The lowest BCUT2D eigenvalue weighted by Gasteiger charge is -2.11. The van der Waals surface area contributed by atoms with Crippen molar-refractivity contribution in [1.82, 2.24) is 9.97 Å². The Hall–Kier alpha value is -1.68. The molecule has 0 aliphatic heterocycles. The maximum Gasteiger partial charge on any atom is 0.138 e. The molecular formula is C14H15ClFN3. The fraction of sp³-hybridized carbons (Fsp3) is 0.286. The number of rotatable bonds is 3. The van der Waals surface area contributed by atoms with E-state index in [1.54, 1.807) is 19.1 Å². The third-order valence-electron chi connectivity index (χ3n) is 2.87. The molecule has 100 valence electrons. The normalized spacial score (nSPS) is 10.6. The summed E-state index contributed by atoms with van der Waals surface area (Å²) in [6.45, 7) is 5.53. The van der Waals surface area contributed by atoms with E-state index in [0.717, 1.165) is 11.3 Å². The first-order chi connectivity index (χ1) is 9.01. The average molecular weight is 280 g/mol. The number of halogens is 2. The molecule has 5 heteroatoms. The zero-order valence-electron chi connectivity index (χ0n) is 11.1. The van der Waals surface area contributed by atoms with Gasteiger partial charge in [-0.05, 0) is 37.6 Å². The van der Waals surface area contributed by atoms with Gasteiger partial charge >= 0.3 is 0 Å². The SMILES string of the molecule is CCc1nc(Cl)c(C)c(Nc2ccc(F)c(C)c2)n1. The van der Waals surface area contributed by atoms with Crippen molar-refractivity contribution in [3.8, 4) is 0 Å². The van der Waals surface area contributed by atoms with Crippen molar-refractivity contribution in [3.05, 3.63) is 46.1 Å². The second-order valence-electron chi connectivity index (χ2n) is 4.35. The van der Waals surface area contributed by atoms with Gasteiger partial charge in [0.15, 0.2) is 0 Å². The average Bonchev–Trinajstić information content (AvgIpc) is 2.39. The first kappa shape index (κ1) is 13.7. The minimum Gasteiger partial charge on any atom is -0.340 e. The van der Waals surface area contributed by atoms with Crippen LogP contribution in [0.5, 0.6) is 0 Å². The van der Waals surface area contributed by atoms with E-state index >= 15 is 0 Å². The summed E-state index contributed by atoms with van der Waals surface area (Å²) in [5.41, 5.74) is 2.14. The first-order valence-electron chi connectivity index (χ1n) is 6.07. The maximum absolute atomic E-state index is 13.2. The lowest BCUT2D eigenvalue weighted by Crippen LogP contribution is -2.03. The van der Waals surface area contributed by atoms with E-state index in [4.69, 9.17) is 11.6 Å². The zero-order valence-corrected chi connectivity index (χ0v) is 11.8. The van der Waals surface area contributed by atoms with Crippen LogP contribution in [0.15, 0.2) is 18.2 Å². The summed E-state index contributed by atoms with van der Waals surface area (Å²) >= 11 is 6.07. The minimum atomic E-state index is -0.225. The van der Waals surface area contributed by atoms with E-state index in [1.807, 2.05) is 13.8 Å². The molecule has 1 heterocycles. The van der Waals surface area contributed by atoms with Crippen molar-refractivity contribution >= 4 is 23.1 Å². The summed E-state index contributed by atoms with van der Waals surface area (Å²) in [6, 6.07) is 4.83. The summed E-state index contributed by atoms with van der Waals surface area (Å²) in [4.78, 5) is 8.58. The van der Waals surface area contributed by atoms with Crippen LogP contribution in [0.1, 0.15) is 23.9 Å². The molecule has 19 heavy (non-hydrogen) atoms. The summed E-state index contributed by atoms with van der Waals surface area (Å²) < 4.78 is 13.2. The van der Waals surface area contributed by atoms with Gasteiger partial charge in [-0.1, -0.05) is 18.5 Å². The van der Waals surface area contributed by atoms with E-state index < -0.39 is 0 Å². The summed E-state index contributed by atoms with van der Waals surface area (Å²) in [6.07, 6.45) is 0.705. The molecule has 0 atom stereocenters. The first-order valence-corrected chi connectivity index (χ1v) is 6.45. The lowest BCUT2D eigenvalue weighted by atomic mass is 10.2. The van der Waals surface area contributed by atoms with Gasteiger partial charge in [0.25, 0.3) is 0 Å². The van der Waals surface area contributed by atoms with Crippen LogP contribution in [0.3, 0.4) is 0 Å². The molecule has 0 radical (unpaired) electrons. The van der Waals surface area contributed by atoms with Gasteiger partial charge < -0.3 is 5.32 Å². The van der Waals surface area contributed by atoms with E-state index in [1.165, 1.54) is 6.07 Å². The molecule has 1 aromatic carbocycles. The fourth-order valence-electron chi connectivity index (χ4n) is 1.67. The Kier molecular flexibility index (Phi) is 4.00. The standard InChI is InChI=1S/C14H15ClFN3/c1-4-12-18-13(15)9(3)14(19-12)17-10-5-6-11(16)8(2)7-10/h5-7H,4H2,1-3H3,(H,17,18,19).